The van der Waals surface area contributed by atoms with Crippen LogP contribution in [-0.2, 0) is 16.0 Å². The lowest BCUT2D eigenvalue weighted by Gasteiger charge is -2.07. The van der Waals surface area contributed by atoms with Crippen LogP contribution in [0.2, 0.25) is 0 Å². The van der Waals surface area contributed by atoms with Crippen molar-refractivity contribution in [2.75, 3.05) is 18.6 Å². The number of hydrogen-bond acceptors (Lipinski definition) is 7. The molecule has 0 aliphatic rings. The Morgan fingerprint density at radius 1 is 1.42 bits per heavy atom. The third kappa shape index (κ3) is 6.44. The number of hydrazone groups is 1. The molecule has 0 spiro atoms. The van der Waals surface area contributed by atoms with Crippen LogP contribution in [0.3, 0.4) is 0 Å². The van der Waals surface area contributed by atoms with Crippen LogP contribution in [0.5, 0.6) is 5.75 Å². The molecule has 1 aromatic heterocycles. The topological polar surface area (TPSA) is 72.8 Å². The van der Waals surface area contributed by atoms with Crippen LogP contribution >= 0.6 is 11.3 Å². The van der Waals surface area contributed by atoms with E-state index in [4.69, 9.17) is 9.47 Å². The van der Waals surface area contributed by atoms with Gasteiger partial charge in [0.25, 0.3) is 0 Å². The number of aromatic nitrogens is 1. The van der Waals surface area contributed by atoms with Gasteiger partial charge in [-0.2, -0.15) is 5.10 Å². The lowest BCUT2D eigenvalue weighted by molar-refractivity contribution is -0.142. The van der Waals surface area contributed by atoms with E-state index in [0.717, 1.165) is 12.8 Å². The number of carbonyl (C=O) groups is 1. The maximum absolute atomic E-state index is 13.7. The molecule has 26 heavy (non-hydrogen) atoms. The van der Waals surface area contributed by atoms with Crippen LogP contribution in [0.25, 0.3) is 0 Å². The van der Waals surface area contributed by atoms with Crippen molar-refractivity contribution in [2.24, 2.45) is 5.10 Å². The quantitative estimate of drug-likeness (QED) is 0.292. The van der Waals surface area contributed by atoms with Gasteiger partial charge in [-0.15, -0.1) is 11.3 Å². The third-order valence-corrected chi connectivity index (χ3v) is 4.06. The highest BCUT2D eigenvalue weighted by atomic mass is 32.1. The number of carbonyl (C=O) groups excluding carboxylic acids is 1. The zero-order valence-corrected chi connectivity index (χ0v) is 15.6. The summed E-state index contributed by atoms with van der Waals surface area (Å²) in [5.74, 6) is -0.488. The summed E-state index contributed by atoms with van der Waals surface area (Å²) < 4.78 is 24.0. The number of rotatable bonds is 10. The van der Waals surface area contributed by atoms with Crippen molar-refractivity contribution in [2.45, 2.75) is 33.1 Å². The number of ether oxygens (including phenoxy) is 2. The highest BCUT2D eigenvalue weighted by molar-refractivity contribution is 7.13. The summed E-state index contributed by atoms with van der Waals surface area (Å²) in [6.45, 7) is 4.64. The first-order valence-electron chi connectivity index (χ1n) is 8.43. The van der Waals surface area contributed by atoms with E-state index in [1.807, 2.05) is 6.92 Å². The predicted molar refractivity (Wildman–Crippen MR) is 100 cm³/mol. The maximum Gasteiger partial charge on any atom is 0.311 e. The van der Waals surface area contributed by atoms with E-state index in [1.165, 1.54) is 17.4 Å². The molecular weight excluding hydrogens is 357 g/mol. The Hall–Kier alpha value is -2.48. The Morgan fingerprint density at radius 2 is 2.27 bits per heavy atom. The van der Waals surface area contributed by atoms with Gasteiger partial charge in [0.2, 0.25) is 5.13 Å². The van der Waals surface area contributed by atoms with Crippen molar-refractivity contribution in [1.82, 2.24) is 4.98 Å². The molecule has 0 aliphatic carbocycles. The fourth-order valence-corrected chi connectivity index (χ4v) is 2.66. The molecule has 6 nitrogen and oxygen atoms in total. The van der Waals surface area contributed by atoms with Crippen molar-refractivity contribution in [3.8, 4) is 5.75 Å². The number of esters is 1. The van der Waals surface area contributed by atoms with E-state index in [2.05, 4.69) is 15.5 Å². The number of halogens is 1. The first-order valence-corrected chi connectivity index (χ1v) is 9.31. The van der Waals surface area contributed by atoms with E-state index in [0.29, 0.717) is 29.6 Å². The fraction of sp³-hybridized carbons (Fsp3) is 0.389. The molecule has 0 aliphatic heterocycles. The molecule has 2 aromatic rings. The average molecular weight is 379 g/mol. The van der Waals surface area contributed by atoms with Gasteiger partial charge >= 0.3 is 5.97 Å². The highest BCUT2D eigenvalue weighted by Crippen LogP contribution is 2.19. The molecule has 0 amide bonds. The lowest BCUT2D eigenvalue weighted by atomic mass is 10.2. The first-order chi connectivity index (χ1) is 12.6. The molecule has 1 N–H and O–H groups in total. The van der Waals surface area contributed by atoms with E-state index < -0.39 is 5.82 Å². The minimum atomic E-state index is -0.394. The Balaban J connectivity index is 1.91. The van der Waals surface area contributed by atoms with E-state index in [9.17, 15) is 9.18 Å². The van der Waals surface area contributed by atoms with Gasteiger partial charge in [-0.1, -0.05) is 19.4 Å². The molecule has 1 aromatic carbocycles. The summed E-state index contributed by atoms with van der Waals surface area (Å²) >= 11 is 1.34. The Morgan fingerprint density at radius 3 is 3.04 bits per heavy atom. The number of thiazole rings is 1. The third-order valence-electron chi connectivity index (χ3n) is 3.27. The number of anilines is 1. The van der Waals surface area contributed by atoms with Crippen LogP contribution in [0.1, 0.15) is 37.9 Å². The molecule has 140 valence electrons. The zero-order chi connectivity index (χ0) is 18.8. The number of benzene rings is 1. The summed E-state index contributed by atoms with van der Waals surface area (Å²) in [5.41, 5.74) is 4.12. The second-order valence-corrected chi connectivity index (χ2v) is 6.25. The van der Waals surface area contributed by atoms with Crippen molar-refractivity contribution in [3.05, 3.63) is 40.7 Å². The Labute approximate surface area is 156 Å². The van der Waals surface area contributed by atoms with E-state index in [1.54, 1.807) is 30.7 Å². The minimum Gasteiger partial charge on any atom is -0.490 e. The van der Waals surface area contributed by atoms with Gasteiger partial charge in [0.15, 0.2) is 11.6 Å². The van der Waals surface area contributed by atoms with Gasteiger partial charge < -0.3 is 9.47 Å². The molecule has 1 heterocycles. The van der Waals surface area contributed by atoms with Gasteiger partial charge in [-0.25, -0.2) is 9.37 Å². The van der Waals surface area contributed by atoms with Crippen LogP contribution < -0.4 is 10.2 Å². The minimum absolute atomic E-state index is 0.131. The monoisotopic (exact) mass is 379 g/mol. The number of nitrogens with one attached hydrogen (secondary N) is 1. The standard InChI is InChI=1S/C18H22FN3O3S/c1-3-5-8-25-16-9-13(6-7-15(16)19)11-20-22-18-21-14(12-26-18)10-17(23)24-4-2/h6-7,9,11-12H,3-5,8,10H2,1-2H3,(H,21,22). The molecule has 8 heteroatoms. The van der Waals surface area contributed by atoms with Gasteiger partial charge in [-0.3, -0.25) is 10.2 Å². The average Bonchev–Trinajstić information content (AvgIpc) is 3.05. The molecule has 0 atom stereocenters. The van der Waals surface area contributed by atoms with Crippen molar-refractivity contribution in [1.29, 1.82) is 0 Å². The van der Waals surface area contributed by atoms with Crippen LogP contribution in [0, 0.1) is 5.82 Å². The van der Waals surface area contributed by atoms with Crippen molar-refractivity contribution >= 4 is 28.7 Å². The summed E-state index contributed by atoms with van der Waals surface area (Å²) in [5, 5.41) is 6.41. The lowest BCUT2D eigenvalue weighted by Crippen LogP contribution is -2.07. The number of hydrogen-bond donors (Lipinski definition) is 1. The molecule has 0 radical (unpaired) electrons. The van der Waals surface area contributed by atoms with Gasteiger partial charge in [0.05, 0.1) is 31.5 Å². The molecule has 0 unspecified atom stereocenters. The predicted octanol–water partition coefficient (Wildman–Crippen LogP) is 4.01. The smallest absolute Gasteiger partial charge is 0.311 e. The molecule has 0 saturated carbocycles. The number of unbranched alkanes of at least 4 members (excludes halogenated alkanes) is 1. The SMILES string of the molecule is CCCCOc1cc(C=NNc2nc(CC(=O)OCC)cs2)ccc1F. The second kappa shape index (κ2) is 10.5. The molecular formula is C18H22FN3O3S. The molecule has 0 fully saturated rings. The maximum atomic E-state index is 13.7. The number of nitrogens with zero attached hydrogens (tertiary/aromatic N) is 2. The zero-order valence-electron chi connectivity index (χ0n) is 14.8. The van der Waals surface area contributed by atoms with Crippen molar-refractivity contribution < 1.29 is 18.7 Å². The molecule has 0 bridgehead atoms. The van der Waals surface area contributed by atoms with Gasteiger partial charge in [0.1, 0.15) is 0 Å². The summed E-state index contributed by atoms with van der Waals surface area (Å²) in [4.78, 5) is 15.7. The van der Waals surface area contributed by atoms with Crippen molar-refractivity contribution in [3.63, 3.8) is 0 Å². The summed E-state index contributed by atoms with van der Waals surface area (Å²) in [6, 6.07) is 4.56. The second-order valence-electron chi connectivity index (χ2n) is 5.39. The first kappa shape index (κ1) is 19.8. The fourth-order valence-electron chi connectivity index (χ4n) is 2.00. The molecule has 0 saturated heterocycles. The summed E-state index contributed by atoms with van der Waals surface area (Å²) in [6.07, 6.45) is 3.54. The van der Waals surface area contributed by atoms with E-state index >= 15 is 0 Å². The Kier molecular flexibility index (Phi) is 8.01. The summed E-state index contributed by atoms with van der Waals surface area (Å²) in [7, 11) is 0. The largest absolute Gasteiger partial charge is 0.490 e. The van der Waals surface area contributed by atoms with Crippen LogP contribution in [0.4, 0.5) is 9.52 Å². The Bertz CT molecular complexity index is 749. The normalized spacial score (nSPS) is 10.9. The van der Waals surface area contributed by atoms with Crippen LogP contribution in [-0.4, -0.2) is 30.4 Å². The van der Waals surface area contributed by atoms with Gasteiger partial charge in [0, 0.05) is 5.38 Å². The van der Waals surface area contributed by atoms with Crippen LogP contribution in [0.15, 0.2) is 28.7 Å². The van der Waals surface area contributed by atoms with E-state index in [-0.39, 0.29) is 18.1 Å². The molecule has 2 rings (SSSR count). The highest BCUT2D eigenvalue weighted by Gasteiger charge is 2.08. The van der Waals surface area contributed by atoms with Gasteiger partial charge in [-0.05, 0) is 31.0 Å².